The number of nitrogens with zero attached hydrogens (tertiary/aromatic N) is 1. The van der Waals surface area contributed by atoms with Gasteiger partial charge in [-0.25, -0.2) is 4.39 Å². The van der Waals surface area contributed by atoms with Gasteiger partial charge in [-0.15, -0.1) is 0 Å². The molecule has 1 aliphatic rings. The molecule has 0 radical (unpaired) electrons. The molecule has 0 saturated carbocycles. The molecule has 0 bridgehead atoms. The van der Waals surface area contributed by atoms with E-state index in [1.807, 2.05) is 12.1 Å². The third kappa shape index (κ3) is 3.70. The van der Waals surface area contributed by atoms with Gasteiger partial charge in [-0.1, -0.05) is 36.4 Å². The minimum absolute atomic E-state index is 0.139. The number of nitrogens with two attached hydrogens (primary N) is 1. The highest BCUT2D eigenvalue weighted by Crippen LogP contribution is 2.45. The number of piperidine rings is 1. The second-order valence-corrected chi connectivity index (χ2v) is 6.78. The van der Waals surface area contributed by atoms with Crippen LogP contribution in [0.15, 0.2) is 48.5 Å². The molecule has 0 unspecified atom stereocenters. The van der Waals surface area contributed by atoms with Crippen LogP contribution in [0.1, 0.15) is 30.4 Å². The van der Waals surface area contributed by atoms with Gasteiger partial charge < -0.3 is 15.4 Å². The Labute approximate surface area is 149 Å². The lowest BCUT2D eigenvalue weighted by Crippen LogP contribution is -2.44. The average Bonchev–Trinajstić information content (AvgIpc) is 2.67. The number of rotatable bonds is 6. The zero-order valence-electron chi connectivity index (χ0n) is 14.9. The average molecular weight is 342 g/mol. The standard InChI is InChI=1S/C21H27FN2O/c1-25-20-16-18(22)8-9-19(20)21(17-6-3-2-4-7-17)10-14-24(15-11-21)13-5-12-23/h2-4,6-9,16H,5,10-15,23H2,1H3. The third-order valence-corrected chi connectivity index (χ3v) is 5.39. The summed E-state index contributed by atoms with van der Waals surface area (Å²) in [4.78, 5) is 2.48. The van der Waals surface area contributed by atoms with Gasteiger partial charge >= 0.3 is 0 Å². The maximum absolute atomic E-state index is 13.7. The predicted octanol–water partition coefficient (Wildman–Crippen LogP) is 3.57. The predicted molar refractivity (Wildman–Crippen MR) is 99.5 cm³/mol. The Kier molecular flexibility index (Phi) is 5.71. The number of ether oxygens (including phenoxy) is 1. The highest BCUT2D eigenvalue weighted by atomic mass is 19.1. The Hall–Kier alpha value is -1.91. The van der Waals surface area contributed by atoms with Crippen LogP contribution in [0.2, 0.25) is 0 Å². The Bertz CT molecular complexity index is 682. The van der Waals surface area contributed by atoms with Crippen molar-refractivity contribution in [1.82, 2.24) is 4.90 Å². The van der Waals surface area contributed by atoms with E-state index >= 15 is 0 Å². The molecule has 2 aromatic rings. The van der Waals surface area contributed by atoms with E-state index in [1.165, 1.54) is 11.6 Å². The summed E-state index contributed by atoms with van der Waals surface area (Å²) in [6.07, 6.45) is 3.01. The smallest absolute Gasteiger partial charge is 0.126 e. The summed E-state index contributed by atoms with van der Waals surface area (Å²) in [7, 11) is 1.62. The zero-order valence-corrected chi connectivity index (χ0v) is 14.9. The van der Waals surface area contributed by atoms with Crippen LogP contribution in [0.5, 0.6) is 5.75 Å². The van der Waals surface area contributed by atoms with E-state index < -0.39 is 0 Å². The molecule has 0 atom stereocenters. The lowest BCUT2D eigenvalue weighted by molar-refractivity contribution is 0.176. The van der Waals surface area contributed by atoms with Crippen LogP contribution in [0.3, 0.4) is 0 Å². The van der Waals surface area contributed by atoms with E-state index in [1.54, 1.807) is 13.2 Å². The van der Waals surface area contributed by atoms with Crippen LogP contribution < -0.4 is 10.5 Å². The first-order valence-electron chi connectivity index (χ1n) is 9.01. The molecule has 134 valence electrons. The van der Waals surface area contributed by atoms with Gasteiger partial charge in [0.1, 0.15) is 11.6 Å². The molecule has 0 aliphatic carbocycles. The SMILES string of the molecule is COc1cc(F)ccc1C1(c2ccccc2)CCN(CCCN)CC1. The van der Waals surface area contributed by atoms with E-state index in [-0.39, 0.29) is 11.2 Å². The Morgan fingerprint density at radius 1 is 1.12 bits per heavy atom. The topological polar surface area (TPSA) is 38.5 Å². The molecule has 3 rings (SSSR count). The van der Waals surface area contributed by atoms with Crippen molar-refractivity contribution in [3.63, 3.8) is 0 Å². The third-order valence-electron chi connectivity index (χ3n) is 5.39. The van der Waals surface area contributed by atoms with Crippen molar-refractivity contribution >= 4 is 0 Å². The molecule has 0 spiro atoms. The number of likely N-dealkylation sites (tertiary alicyclic amines) is 1. The van der Waals surface area contributed by atoms with Gasteiger partial charge in [0.2, 0.25) is 0 Å². The molecule has 0 amide bonds. The van der Waals surface area contributed by atoms with Crippen LogP contribution in [-0.2, 0) is 5.41 Å². The Morgan fingerprint density at radius 2 is 1.84 bits per heavy atom. The molecule has 4 heteroatoms. The van der Waals surface area contributed by atoms with Crippen LogP contribution in [0.4, 0.5) is 4.39 Å². The molecular weight excluding hydrogens is 315 g/mol. The van der Waals surface area contributed by atoms with Crippen molar-refractivity contribution < 1.29 is 9.13 Å². The van der Waals surface area contributed by atoms with Gasteiger partial charge in [0.05, 0.1) is 7.11 Å². The number of hydrogen-bond donors (Lipinski definition) is 1. The van der Waals surface area contributed by atoms with E-state index in [4.69, 9.17) is 10.5 Å². The van der Waals surface area contributed by atoms with Gasteiger partial charge in [-0.2, -0.15) is 0 Å². The van der Waals surface area contributed by atoms with Gasteiger partial charge in [0.25, 0.3) is 0 Å². The summed E-state index contributed by atoms with van der Waals surface area (Å²) in [6.45, 7) is 3.79. The molecule has 2 aromatic carbocycles. The van der Waals surface area contributed by atoms with E-state index in [0.29, 0.717) is 5.75 Å². The molecule has 1 aliphatic heterocycles. The molecular formula is C21H27FN2O. The van der Waals surface area contributed by atoms with Gasteiger partial charge in [-0.05, 0) is 57.1 Å². The van der Waals surface area contributed by atoms with Crippen molar-refractivity contribution in [3.8, 4) is 5.75 Å². The first kappa shape index (κ1) is 17.9. The highest BCUT2D eigenvalue weighted by molar-refractivity contribution is 5.48. The van der Waals surface area contributed by atoms with Crippen molar-refractivity contribution in [3.05, 3.63) is 65.5 Å². The lowest BCUT2D eigenvalue weighted by Gasteiger charge is -2.43. The first-order chi connectivity index (χ1) is 12.2. The maximum atomic E-state index is 13.7. The van der Waals surface area contributed by atoms with E-state index in [2.05, 4.69) is 29.2 Å². The van der Waals surface area contributed by atoms with Crippen molar-refractivity contribution in [1.29, 1.82) is 0 Å². The molecule has 1 fully saturated rings. The minimum Gasteiger partial charge on any atom is -0.496 e. The molecule has 25 heavy (non-hydrogen) atoms. The van der Waals surface area contributed by atoms with Gasteiger partial charge in [0, 0.05) is 17.0 Å². The summed E-state index contributed by atoms with van der Waals surface area (Å²) >= 11 is 0. The minimum atomic E-state index is -0.260. The molecule has 1 saturated heterocycles. The Morgan fingerprint density at radius 3 is 2.48 bits per heavy atom. The van der Waals surface area contributed by atoms with Crippen LogP contribution in [0.25, 0.3) is 0 Å². The summed E-state index contributed by atoms with van der Waals surface area (Å²) in [5, 5.41) is 0. The van der Waals surface area contributed by atoms with Crippen molar-refractivity contribution in [2.75, 3.05) is 33.3 Å². The van der Waals surface area contributed by atoms with E-state index in [9.17, 15) is 4.39 Å². The van der Waals surface area contributed by atoms with Crippen molar-refractivity contribution in [2.24, 2.45) is 5.73 Å². The molecule has 0 aromatic heterocycles. The lowest BCUT2D eigenvalue weighted by atomic mass is 9.67. The number of hydrogen-bond acceptors (Lipinski definition) is 3. The second-order valence-electron chi connectivity index (χ2n) is 6.78. The fourth-order valence-electron chi connectivity index (χ4n) is 4.00. The molecule has 1 heterocycles. The fraction of sp³-hybridized carbons (Fsp3) is 0.429. The zero-order chi connectivity index (χ0) is 17.7. The first-order valence-corrected chi connectivity index (χ1v) is 9.01. The molecule has 2 N–H and O–H groups in total. The highest BCUT2D eigenvalue weighted by Gasteiger charge is 2.39. The van der Waals surface area contributed by atoms with Gasteiger partial charge in [-0.3, -0.25) is 0 Å². The quantitative estimate of drug-likeness (QED) is 0.872. The van der Waals surface area contributed by atoms with Crippen LogP contribution >= 0.6 is 0 Å². The summed E-state index contributed by atoms with van der Waals surface area (Å²) in [5.74, 6) is 0.378. The number of halogens is 1. The van der Waals surface area contributed by atoms with Gasteiger partial charge in [0.15, 0.2) is 0 Å². The summed E-state index contributed by atoms with van der Waals surface area (Å²) in [6, 6.07) is 15.5. The maximum Gasteiger partial charge on any atom is 0.126 e. The normalized spacial score (nSPS) is 17.4. The summed E-state index contributed by atoms with van der Waals surface area (Å²) in [5.41, 5.74) is 7.88. The van der Waals surface area contributed by atoms with E-state index in [0.717, 1.165) is 51.0 Å². The summed E-state index contributed by atoms with van der Waals surface area (Å²) < 4.78 is 19.3. The second kappa shape index (κ2) is 7.98. The number of benzene rings is 2. The van der Waals surface area contributed by atoms with Crippen molar-refractivity contribution in [2.45, 2.75) is 24.7 Å². The molecule has 3 nitrogen and oxygen atoms in total. The number of methoxy groups -OCH3 is 1. The fourth-order valence-corrected chi connectivity index (χ4v) is 4.00. The monoisotopic (exact) mass is 342 g/mol. The van der Waals surface area contributed by atoms with Crippen LogP contribution in [0, 0.1) is 5.82 Å². The largest absolute Gasteiger partial charge is 0.496 e. The Balaban J connectivity index is 1.98. The van der Waals surface area contributed by atoms with Crippen LogP contribution in [-0.4, -0.2) is 38.2 Å².